The summed E-state index contributed by atoms with van der Waals surface area (Å²) in [6.45, 7) is 2.93. The average molecular weight is 765 g/mol. The van der Waals surface area contributed by atoms with Crippen LogP contribution in [0.15, 0.2) is 27.9 Å². The van der Waals surface area contributed by atoms with Crippen molar-refractivity contribution in [2.24, 2.45) is 5.16 Å². The van der Waals surface area contributed by atoms with E-state index in [9.17, 15) is 48.1 Å². The number of nitrogens with one attached hydrogen (secondary N) is 2. The van der Waals surface area contributed by atoms with Gasteiger partial charge >= 0.3 is 5.97 Å². The van der Waals surface area contributed by atoms with E-state index in [1.165, 1.54) is 35.9 Å². The monoisotopic (exact) mass is 764 g/mol. The van der Waals surface area contributed by atoms with Crippen molar-refractivity contribution in [1.29, 1.82) is 0 Å². The molecule has 3 fully saturated rings. The summed E-state index contributed by atoms with van der Waals surface area (Å²) in [5.41, 5.74) is 3.82. The molecule has 1 aromatic carbocycles. The number of β-lactam (4-membered cyclic amide) rings is 1. The van der Waals surface area contributed by atoms with Crippen molar-refractivity contribution in [2.75, 3.05) is 25.1 Å². The number of thiazole rings is 1. The minimum Gasteiger partial charge on any atom is -0.502 e. The van der Waals surface area contributed by atoms with Crippen LogP contribution in [0.4, 0.5) is 13.9 Å². The highest BCUT2D eigenvalue weighted by Gasteiger charge is 2.56. The van der Waals surface area contributed by atoms with Crippen LogP contribution in [0.25, 0.3) is 0 Å². The van der Waals surface area contributed by atoms with Gasteiger partial charge in [-0.15, -0.1) is 23.1 Å². The number of phenols is 2. The molecule has 2 unspecified atom stereocenters. The predicted molar refractivity (Wildman–Crippen MR) is 182 cm³/mol. The molecule has 2 bridgehead atoms. The molecular formula is C32H36F2N7O9S2+. The average Bonchev–Trinajstić information content (AvgIpc) is 3.56. The first-order valence-electron chi connectivity index (χ1n) is 16.2. The lowest BCUT2D eigenvalue weighted by Gasteiger charge is -2.52. The normalized spacial score (nSPS) is 27.1. The molecule has 3 amide bonds. The molecule has 4 aliphatic rings. The molecule has 20 heteroatoms. The van der Waals surface area contributed by atoms with Crippen molar-refractivity contribution in [1.82, 2.24) is 20.5 Å². The smallest absolute Gasteiger partial charge is 0.350 e. The lowest BCUT2D eigenvalue weighted by molar-refractivity contribution is -0.944. The van der Waals surface area contributed by atoms with Crippen LogP contribution in [-0.2, 0) is 24.0 Å². The third-order valence-corrected chi connectivity index (χ3v) is 12.3. The van der Waals surface area contributed by atoms with E-state index in [1.54, 1.807) is 0 Å². The van der Waals surface area contributed by atoms with E-state index < -0.39 is 69.4 Å². The number of carboxylic acid groups (broad SMARTS) is 1. The number of phenolic OH excluding ortho intramolecular Hbond substituents is 2. The molecule has 0 radical (unpaired) electrons. The Morgan fingerprint density at radius 1 is 1.19 bits per heavy atom. The summed E-state index contributed by atoms with van der Waals surface area (Å²) in [5.74, 6) is -8.61. The number of halogens is 2. The number of nitrogen functional groups attached to an aromatic ring is 1. The van der Waals surface area contributed by atoms with Crippen LogP contribution in [0, 0.1) is 11.6 Å². The molecule has 0 saturated carbocycles. The molecule has 6 atom stereocenters. The van der Waals surface area contributed by atoms with Crippen LogP contribution >= 0.6 is 23.1 Å². The molecule has 2 aromatic rings. The molecule has 16 nitrogen and oxygen atoms in total. The summed E-state index contributed by atoms with van der Waals surface area (Å²) in [6.07, 6.45) is 3.27. The number of aldehydes is 1. The fraction of sp³-hybridized carbons (Fsp3) is 0.469. The summed E-state index contributed by atoms with van der Waals surface area (Å²) in [6, 6.07) is -0.807. The third kappa shape index (κ3) is 6.42. The lowest BCUT2D eigenvalue weighted by atomic mass is 9.92. The molecule has 52 heavy (non-hydrogen) atoms. The summed E-state index contributed by atoms with van der Waals surface area (Å²) in [7, 11) is 2.06. The number of piperidine rings is 1. The van der Waals surface area contributed by atoms with Gasteiger partial charge in [-0.2, -0.15) is 0 Å². The number of amides is 3. The fourth-order valence-corrected chi connectivity index (χ4v) is 9.19. The topological polar surface area (TPSA) is 234 Å². The number of nitrogens with two attached hydrogens (primary N) is 1. The van der Waals surface area contributed by atoms with Crippen LogP contribution in [-0.4, -0.2) is 120 Å². The van der Waals surface area contributed by atoms with Crippen LogP contribution in [0.3, 0.4) is 0 Å². The summed E-state index contributed by atoms with van der Waals surface area (Å²) < 4.78 is 29.0. The molecule has 0 aliphatic carbocycles. The molecule has 0 spiro atoms. The summed E-state index contributed by atoms with van der Waals surface area (Å²) in [4.78, 5) is 74.3. The van der Waals surface area contributed by atoms with Gasteiger partial charge in [-0.25, -0.2) is 18.6 Å². The third-order valence-electron chi connectivity index (χ3n) is 10.2. The first-order chi connectivity index (χ1) is 24.5. The number of oxime groups is 1. The number of likely N-dealkylation sites (N-methyl/N-ethyl adjacent to an activating group) is 1. The number of nitrogens with zero attached hydrogens (tertiary/aromatic N) is 4. The van der Waals surface area contributed by atoms with Crippen LogP contribution in [0.5, 0.6) is 11.5 Å². The number of allylic oxidation sites excluding steroid dienone is 1. The van der Waals surface area contributed by atoms with E-state index in [0.29, 0.717) is 42.0 Å². The number of benzene rings is 1. The van der Waals surface area contributed by atoms with Gasteiger partial charge in [-0.05, 0) is 19.9 Å². The van der Waals surface area contributed by atoms with Crippen molar-refractivity contribution in [2.45, 2.75) is 74.7 Å². The zero-order chi connectivity index (χ0) is 37.9. The number of aliphatic carboxylic acids is 1. The summed E-state index contributed by atoms with van der Waals surface area (Å²) in [5, 5.41) is 38.6. The molecule has 278 valence electrons. The number of aromatic hydroxyl groups is 2. The number of carbonyl (C=O) groups is 5. The van der Waals surface area contributed by atoms with E-state index in [2.05, 4.69) is 27.8 Å². The number of thioether (sulfide) groups is 1. The van der Waals surface area contributed by atoms with Crippen molar-refractivity contribution in [3.8, 4) is 11.5 Å². The Morgan fingerprint density at radius 3 is 2.46 bits per heavy atom. The number of carbonyl (C=O) groups excluding carboxylic acids is 4. The Hall–Kier alpha value is -4.82. The highest BCUT2D eigenvalue weighted by molar-refractivity contribution is 8.00. The zero-order valence-electron chi connectivity index (χ0n) is 28.1. The zero-order valence-corrected chi connectivity index (χ0v) is 29.7. The number of rotatable bonds is 11. The Labute approximate surface area is 303 Å². The van der Waals surface area contributed by atoms with Crippen LogP contribution in [0.2, 0.25) is 0 Å². The maximum absolute atomic E-state index is 14.5. The maximum Gasteiger partial charge on any atom is 0.350 e. The lowest BCUT2D eigenvalue weighted by Crippen LogP contribution is -2.71. The van der Waals surface area contributed by atoms with Crippen molar-refractivity contribution in [3.63, 3.8) is 0 Å². The van der Waals surface area contributed by atoms with E-state index in [4.69, 9.17) is 10.6 Å². The van der Waals surface area contributed by atoms with Crippen molar-refractivity contribution >= 4 is 63.9 Å². The second kappa shape index (κ2) is 13.6. The highest BCUT2D eigenvalue weighted by atomic mass is 32.2. The van der Waals surface area contributed by atoms with Crippen molar-refractivity contribution in [3.05, 3.63) is 45.6 Å². The molecule has 4 aliphatic heterocycles. The quantitative estimate of drug-likeness (QED) is 0.0477. The van der Waals surface area contributed by atoms with Crippen LogP contribution < -0.4 is 16.4 Å². The first kappa shape index (κ1) is 37.0. The molecule has 1 aromatic heterocycles. The first-order valence-corrected chi connectivity index (χ1v) is 18.1. The number of anilines is 1. The number of hydrogen-bond acceptors (Lipinski definition) is 13. The second-order valence-corrected chi connectivity index (χ2v) is 15.8. The van der Waals surface area contributed by atoms with Gasteiger partial charge in [0.05, 0.1) is 30.4 Å². The molecular weight excluding hydrogens is 729 g/mol. The predicted octanol–water partition coefficient (Wildman–Crippen LogP) is 1.42. The Balaban J connectivity index is 1.14. The SMILES string of the molecule is CC(C)(O/N=C(\C(=O)N[C@@H]1C(=O)N2C(C=O)=C(C[N+]3(C)[C@@H]4CC[C@H]3CC(NC(=O)c3cc(F)c(O)c(O)c3F)C4)CS[C@H]12)c1csc(N)n1)C(=O)O. The summed E-state index contributed by atoms with van der Waals surface area (Å²) >= 11 is 2.39. The van der Waals surface area contributed by atoms with Gasteiger partial charge in [0.1, 0.15) is 23.7 Å². The number of quaternary nitrogens is 1. The van der Waals surface area contributed by atoms with Crippen molar-refractivity contribution < 1.29 is 57.4 Å². The van der Waals surface area contributed by atoms with Gasteiger partial charge in [-0.1, -0.05) is 5.16 Å². The van der Waals surface area contributed by atoms with Gasteiger partial charge in [0.25, 0.3) is 17.7 Å². The fourth-order valence-electron chi connectivity index (χ4n) is 7.29. The minimum absolute atomic E-state index is 0.0209. The Morgan fingerprint density at radius 2 is 1.87 bits per heavy atom. The van der Waals surface area contributed by atoms with Gasteiger partial charge in [0, 0.05) is 48.4 Å². The molecule has 6 rings (SSSR count). The molecule has 5 heterocycles. The van der Waals surface area contributed by atoms with E-state index in [0.717, 1.165) is 29.8 Å². The Bertz CT molecular complexity index is 1920. The maximum atomic E-state index is 14.5. The number of hydrogen-bond donors (Lipinski definition) is 6. The molecule has 3 saturated heterocycles. The largest absolute Gasteiger partial charge is 0.502 e. The second-order valence-electron chi connectivity index (χ2n) is 13.8. The number of fused-ring (bicyclic) bond motifs is 3. The van der Waals surface area contributed by atoms with Gasteiger partial charge in [0.15, 0.2) is 40.3 Å². The number of aromatic nitrogens is 1. The highest BCUT2D eigenvalue weighted by Crippen LogP contribution is 2.45. The molecule has 7 N–H and O–H groups in total. The standard InChI is InChI=1S/C32H35F2N7O9S2/c1-32(2,30(48)49)50-39-22(19-12-52-31(35)37-19)27(46)38-23-28(47)40-20(10-42)13(11-51-29(23)40)9-41(3)15-4-5-16(41)7-14(6-15)36-26(45)17-8-18(33)24(43)25(44)21(17)34/h8,10,12,14-16,23,29H,4-7,9,11H2,1-3H3,(H6-,35,36,37,38,39,43,44,45,46,48,49)/p+1/t14?,15-,16+,23-,29-,41?/m1/s1. The van der Waals surface area contributed by atoms with Crippen LogP contribution in [0.1, 0.15) is 55.6 Å². The van der Waals surface area contributed by atoms with Gasteiger partial charge in [-0.3, -0.25) is 24.1 Å². The van der Waals surface area contributed by atoms with Gasteiger partial charge in [0.2, 0.25) is 5.60 Å². The Kier molecular flexibility index (Phi) is 9.68. The van der Waals surface area contributed by atoms with E-state index >= 15 is 0 Å². The van der Waals surface area contributed by atoms with E-state index in [1.807, 2.05) is 0 Å². The number of carboxylic acids is 1. The van der Waals surface area contributed by atoms with E-state index in [-0.39, 0.29) is 40.4 Å². The van der Waals surface area contributed by atoms with Gasteiger partial charge < -0.3 is 41.0 Å². The minimum atomic E-state index is -1.78.